The first-order valence-corrected chi connectivity index (χ1v) is 25.4. The minimum atomic E-state index is -3.15. The molecule has 11 aromatic carbocycles. The molecule has 0 atom stereocenters. The third-order valence-electron chi connectivity index (χ3n) is 14.0. The van der Waals surface area contributed by atoms with E-state index in [0.29, 0.717) is 5.56 Å². The van der Waals surface area contributed by atoms with Gasteiger partial charge in [0.2, 0.25) is 0 Å². The number of hydrogen-bond acceptors (Lipinski definition) is 0. The Hall–Kier alpha value is -8.76. The molecule has 13 rings (SSSR count). The molecule has 0 aliphatic rings. The quantitative estimate of drug-likeness (QED) is 0.101. The van der Waals surface area contributed by atoms with Gasteiger partial charge in [-0.15, -0.1) is 0 Å². The lowest BCUT2D eigenvalue weighted by molar-refractivity contribution is 1.17. The Balaban J connectivity index is 0.979. The van der Waals surface area contributed by atoms with E-state index in [9.17, 15) is 0 Å². The molecule has 0 aliphatic carbocycles. The Morgan fingerprint density at radius 3 is 1.51 bits per heavy atom. The normalized spacial score (nSPS) is 12.8. The van der Waals surface area contributed by atoms with Gasteiger partial charge in [0.1, 0.15) is 0 Å². The van der Waals surface area contributed by atoms with Crippen LogP contribution in [-0.2, 0) is 0 Å². The van der Waals surface area contributed by atoms with Gasteiger partial charge in [-0.1, -0.05) is 230 Å². The van der Waals surface area contributed by atoms with Crippen molar-refractivity contribution in [2.24, 2.45) is 0 Å². The predicted molar refractivity (Wildman–Crippen MR) is 295 cm³/mol. The van der Waals surface area contributed by atoms with Gasteiger partial charge >= 0.3 is 0 Å². The molecule has 324 valence electrons. The van der Waals surface area contributed by atoms with E-state index in [2.05, 4.69) is 234 Å². The summed E-state index contributed by atoms with van der Waals surface area (Å²) in [5.74, 6) is 0. The van der Waals surface area contributed by atoms with Crippen molar-refractivity contribution in [1.82, 2.24) is 9.13 Å². The molecule has 0 N–H and O–H groups in total. The van der Waals surface area contributed by atoms with Crippen molar-refractivity contribution in [3.63, 3.8) is 0 Å². The van der Waals surface area contributed by atoms with E-state index in [4.69, 9.17) is 6.85 Å². The zero-order valence-electron chi connectivity index (χ0n) is 42.6. The molecule has 2 heterocycles. The van der Waals surface area contributed by atoms with Crippen molar-refractivity contribution >= 4 is 72.4 Å². The van der Waals surface area contributed by atoms with Gasteiger partial charge in [-0.3, -0.25) is 0 Å². The van der Waals surface area contributed by atoms with Crippen LogP contribution in [0.5, 0.6) is 0 Å². The summed E-state index contributed by atoms with van der Waals surface area (Å²) >= 11 is 0. The molecule has 0 radical (unpaired) electrons. The van der Waals surface area contributed by atoms with E-state index < -0.39 is 14.1 Å². The van der Waals surface area contributed by atoms with Gasteiger partial charge in [-0.2, -0.15) is 0 Å². The SMILES string of the molecule is [2H]c1c([2H])c([2H])c(-c2cccc([Si](c3ccccc3)(c3ccccc3)c3ccc(-n4c5ccccc5c5cc(-n6c7ccccc7c7c(-c8ccccc8-c8ccccc8)cccc76)ccc54)cc3)c2)c([2H])c1[2H]. The molecular weight excluding hydrogens is 849 g/mol. The number of para-hydroxylation sites is 2. The molecule has 69 heavy (non-hydrogen) atoms. The lowest BCUT2D eigenvalue weighted by atomic mass is 9.92. The van der Waals surface area contributed by atoms with E-state index >= 15 is 0 Å². The van der Waals surface area contributed by atoms with Crippen LogP contribution in [0.1, 0.15) is 6.85 Å². The molecule has 0 saturated carbocycles. The van der Waals surface area contributed by atoms with Crippen LogP contribution in [0, 0.1) is 0 Å². The maximum Gasteiger partial charge on any atom is 0.179 e. The highest BCUT2D eigenvalue weighted by molar-refractivity contribution is 7.19. The van der Waals surface area contributed by atoms with Crippen LogP contribution in [0.2, 0.25) is 0 Å². The Morgan fingerprint density at radius 1 is 0.290 bits per heavy atom. The highest BCUT2D eigenvalue weighted by Crippen LogP contribution is 2.42. The van der Waals surface area contributed by atoms with Crippen LogP contribution in [0.25, 0.3) is 88.4 Å². The minimum absolute atomic E-state index is 0.194. The van der Waals surface area contributed by atoms with Gasteiger partial charge in [0.05, 0.1) is 28.9 Å². The fourth-order valence-electron chi connectivity index (χ4n) is 11.0. The first kappa shape index (κ1) is 35.4. The lowest BCUT2D eigenvalue weighted by Gasteiger charge is -2.35. The molecular formula is C66H46N2Si. The molecule has 2 aromatic heterocycles. The molecule has 0 amide bonds. The second kappa shape index (κ2) is 16.8. The van der Waals surface area contributed by atoms with Crippen molar-refractivity contribution in [2.75, 3.05) is 0 Å². The van der Waals surface area contributed by atoms with Gasteiger partial charge in [0.15, 0.2) is 8.07 Å². The Kier molecular flexibility index (Phi) is 8.65. The van der Waals surface area contributed by atoms with Crippen LogP contribution in [-0.4, -0.2) is 17.2 Å². The van der Waals surface area contributed by atoms with Crippen molar-refractivity contribution in [3.8, 4) is 44.8 Å². The number of rotatable bonds is 9. The van der Waals surface area contributed by atoms with Crippen LogP contribution >= 0.6 is 0 Å². The molecule has 3 heteroatoms. The fourth-order valence-corrected chi connectivity index (χ4v) is 15.8. The highest BCUT2D eigenvalue weighted by Gasteiger charge is 2.41. The van der Waals surface area contributed by atoms with Gasteiger partial charge in [0, 0.05) is 32.9 Å². The number of aromatic nitrogens is 2. The summed E-state index contributed by atoms with van der Waals surface area (Å²) < 4.78 is 47.9. The van der Waals surface area contributed by atoms with Crippen molar-refractivity contribution < 1.29 is 6.85 Å². The molecule has 0 unspecified atom stereocenters. The van der Waals surface area contributed by atoms with Gasteiger partial charge in [-0.25, -0.2) is 0 Å². The van der Waals surface area contributed by atoms with E-state index in [1.165, 1.54) is 43.4 Å². The van der Waals surface area contributed by atoms with Crippen LogP contribution in [0.15, 0.2) is 279 Å². The molecule has 2 nitrogen and oxygen atoms in total. The average Bonchev–Trinajstić information content (AvgIpc) is 3.98. The highest BCUT2D eigenvalue weighted by atomic mass is 28.3. The Labute approximate surface area is 410 Å². The van der Waals surface area contributed by atoms with Crippen LogP contribution in [0.4, 0.5) is 0 Å². The smallest absolute Gasteiger partial charge is 0.179 e. The zero-order chi connectivity index (χ0) is 50.1. The zero-order valence-corrected chi connectivity index (χ0v) is 38.6. The molecule has 13 aromatic rings. The molecule has 0 saturated heterocycles. The minimum Gasteiger partial charge on any atom is -0.309 e. The number of nitrogens with zero attached hydrogens (tertiary/aromatic N) is 2. The number of fused-ring (bicyclic) bond motifs is 6. The van der Waals surface area contributed by atoms with E-state index in [0.717, 1.165) is 54.6 Å². The summed E-state index contributed by atoms with van der Waals surface area (Å²) in [5, 5.41) is 9.26. The van der Waals surface area contributed by atoms with E-state index in [-0.39, 0.29) is 29.7 Å². The topological polar surface area (TPSA) is 9.86 Å². The lowest BCUT2D eigenvalue weighted by Crippen LogP contribution is -2.74. The largest absolute Gasteiger partial charge is 0.309 e. The summed E-state index contributed by atoms with van der Waals surface area (Å²) in [5.41, 5.74) is 12.2. The standard InChI is InChI=1S/C66H46N2Si/c1-5-21-47(22-6-1)49-25-19-30-55(45-49)69(52-26-9-3-10-27-52,53-28-11-4-12-29-53)54-42-39-50(40-43-54)67-62-36-17-15-33-58(62)61-46-51(41-44-64(61)67)68-63-37-18-16-34-60(63)66-59(35-20-38-65(66)68)57-32-14-13-31-56(57)48-23-7-2-8-24-48/h1-46H/i1D,5D,6D,21D,22D. The van der Waals surface area contributed by atoms with Crippen LogP contribution < -0.4 is 20.7 Å². The summed E-state index contributed by atoms with van der Waals surface area (Å²) in [4.78, 5) is 0. The fraction of sp³-hybridized carbons (Fsp3) is 0. The second-order valence-corrected chi connectivity index (χ2v) is 21.4. The third-order valence-corrected chi connectivity index (χ3v) is 18.7. The summed E-state index contributed by atoms with van der Waals surface area (Å²) in [6.45, 7) is 0. The van der Waals surface area contributed by atoms with Crippen molar-refractivity contribution in [3.05, 3.63) is 279 Å². The first-order chi connectivity index (χ1) is 36.3. The van der Waals surface area contributed by atoms with Crippen molar-refractivity contribution in [2.45, 2.75) is 0 Å². The molecule has 0 spiro atoms. The Morgan fingerprint density at radius 2 is 0.783 bits per heavy atom. The maximum absolute atomic E-state index is 8.91. The molecule has 0 fully saturated rings. The van der Waals surface area contributed by atoms with Crippen LogP contribution in [0.3, 0.4) is 0 Å². The second-order valence-electron chi connectivity index (χ2n) is 17.6. The predicted octanol–water partition coefficient (Wildman–Crippen LogP) is 14.3. The monoisotopic (exact) mass is 899 g/mol. The molecule has 0 aliphatic heterocycles. The van der Waals surface area contributed by atoms with Crippen molar-refractivity contribution in [1.29, 1.82) is 0 Å². The summed E-state index contributed by atoms with van der Waals surface area (Å²) in [6, 6.07) is 87.1. The van der Waals surface area contributed by atoms with Gasteiger partial charge in [-0.05, 0) is 103 Å². The number of benzene rings is 11. The first-order valence-electron chi connectivity index (χ1n) is 25.9. The number of hydrogen-bond donors (Lipinski definition) is 0. The summed E-state index contributed by atoms with van der Waals surface area (Å²) in [6.07, 6.45) is 0. The Bertz CT molecular complexity index is 4230. The van der Waals surface area contributed by atoms with Gasteiger partial charge in [0.25, 0.3) is 0 Å². The summed E-state index contributed by atoms with van der Waals surface area (Å²) in [7, 11) is -3.15. The maximum atomic E-state index is 8.91. The third kappa shape index (κ3) is 6.62. The average molecular weight is 900 g/mol. The van der Waals surface area contributed by atoms with Gasteiger partial charge < -0.3 is 9.13 Å². The van der Waals surface area contributed by atoms with E-state index in [1.807, 2.05) is 24.3 Å². The van der Waals surface area contributed by atoms with E-state index in [1.54, 1.807) is 0 Å². The molecule has 0 bridgehead atoms.